The van der Waals surface area contributed by atoms with Gasteiger partial charge in [-0.25, -0.2) is 4.68 Å². The monoisotopic (exact) mass is 172 g/mol. The van der Waals surface area contributed by atoms with Crippen molar-refractivity contribution in [2.45, 2.75) is 13.8 Å². The van der Waals surface area contributed by atoms with Crippen LogP contribution in [0, 0.1) is 13.8 Å². The maximum atomic E-state index is 4.23. The summed E-state index contributed by atoms with van der Waals surface area (Å²) >= 11 is 0. The fourth-order valence-corrected chi connectivity index (χ4v) is 1.33. The van der Waals surface area contributed by atoms with Crippen molar-refractivity contribution in [1.29, 1.82) is 0 Å². The molecule has 1 aromatic carbocycles. The SMILES string of the molecule is Cc1ccc(-n2nccc2C)cc1. The zero-order valence-electron chi connectivity index (χ0n) is 7.86. The maximum absolute atomic E-state index is 4.23. The Hall–Kier alpha value is -1.57. The molecular formula is C11H12N2. The molecule has 0 radical (unpaired) electrons. The number of aromatic nitrogens is 2. The van der Waals surface area contributed by atoms with Crippen LogP contribution < -0.4 is 0 Å². The van der Waals surface area contributed by atoms with Crippen LogP contribution in [-0.4, -0.2) is 9.78 Å². The topological polar surface area (TPSA) is 17.8 Å². The highest BCUT2D eigenvalue weighted by Gasteiger charge is 1.98. The normalized spacial score (nSPS) is 10.3. The molecule has 0 saturated heterocycles. The molecule has 0 aliphatic carbocycles. The van der Waals surface area contributed by atoms with Gasteiger partial charge in [-0.15, -0.1) is 0 Å². The molecule has 1 heterocycles. The van der Waals surface area contributed by atoms with Crippen molar-refractivity contribution >= 4 is 0 Å². The molecule has 0 saturated carbocycles. The van der Waals surface area contributed by atoms with Gasteiger partial charge in [-0.3, -0.25) is 0 Å². The molecule has 0 unspecified atom stereocenters. The molecule has 1 aromatic heterocycles. The van der Waals surface area contributed by atoms with Crippen LogP contribution in [0.25, 0.3) is 5.69 Å². The van der Waals surface area contributed by atoms with Gasteiger partial charge in [0.15, 0.2) is 0 Å². The summed E-state index contributed by atoms with van der Waals surface area (Å²) in [5.41, 5.74) is 3.55. The van der Waals surface area contributed by atoms with Gasteiger partial charge in [-0.2, -0.15) is 5.10 Å². The quantitative estimate of drug-likeness (QED) is 0.646. The van der Waals surface area contributed by atoms with E-state index in [0.29, 0.717) is 0 Å². The summed E-state index contributed by atoms with van der Waals surface area (Å²) in [6.45, 7) is 4.13. The average molecular weight is 172 g/mol. The molecule has 0 spiro atoms. The fourth-order valence-electron chi connectivity index (χ4n) is 1.33. The van der Waals surface area contributed by atoms with Gasteiger partial charge in [-0.1, -0.05) is 17.7 Å². The third-order valence-corrected chi connectivity index (χ3v) is 2.11. The number of hydrogen-bond donors (Lipinski definition) is 0. The highest BCUT2D eigenvalue weighted by Crippen LogP contribution is 2.10. The summed E-state index contributed by atoms with van der Waals surface area (Å²) in [4.78, 5) is 0. The minimum atomic E-state index is 1.12. The van der Waals surface area contributed by atoms with E-state index in [1.54, 1.807) is 0 Å². The van der Waals surface area contributed by atoms with Crippen LogP contribution in [0.1, 0.15) is 11.3 Å². The van der Waals surface area contributed by atoms with Gasteiger partial charge in [0, 0.05) is 11.9 Å². The van der Waals surface area contributed by atoms with Crippen LogP contribution in [0.4, 0.5) is 0 Å². The van der Waals surface area contributed by atoms with Crippen LogP contribution in [0.15, 0.2) is 36.5 Å². The van der Waals surface area contributed by atoms with Gasteiger partial charge in [0.25, 0.3) is 0 Å². The van der Waals surface area contributed by atoms with E-state index < -0.39 is 0 Å². The molecule has 13 heavy (non-hydrogen) atoms. The molecule has 0 bridgehead atoms. The lowest BCUT2D eigenvalue weighted by atomic mass is 10.2. The molecule has 0 amide bonds. The van der Waals surface area contributed by atoms with Gasteiger partial charge in [0.05, 0.1) is 5.69 Å². The average Bonchev–Trinajstić information content (AvgIpc) is 2.53. The van der Waals surface area contributed by atoms with E-state index in [1.807, 2.05) is 23.9 Å². The predicted molar refractivity (Wildman–Crippen MR) is 53.0 cm³/mol. The van der Waals surface area contributed by atoms with Crippen molar-refractivity contribution in [1.82, 2.24) is 9.78 Å². The molecule has 2 rings (SSSR count). The molecular weight excluding hydrogens is 160 g/mol. The van der Waals surface area contributed by atoms with Gasteiger partial charge in [0.1, 0.15) is 0 Å². The van der Waals surface area contributed by atoms with E-state index >= 15 is 0 Å². The number of rotatable bonds is 1. The van der Waals surface area contributed by atoms with Crippen LogP contribution in [0.5, 0.6) is 0 Å². The van der Waals surface area contributed by atoms with Gasteiger partial charge >= 0.3 is 0 Å². The summed E-state index contributed by atoms with van der Waals surface area (Å²) in [6, 6.07) is 10.3. The molecule has 66 valence electrons. The van der Waals surface area contributed by atoms with Crippen LogP contribution in [0.3, 0.4) is 0 Å². The maximum Gasteiger partial charge on any atom is 0.0648 e. The highest BCUT2D eigenvalue weighted by molar-refractivity contribution is 5.34. The molecule has 0 aliphatic rings. The lowest BCUT2D eigenvalue weighted by Crippen LogP contribution is -1.97. The second-order valence-corrected chi connectivity index (χ2v) is 3.22. The summed E-state index contributed by atoms with van der Waals surface area (Å²) in [6.07, 6.45) is 1.81. The summed E-state index contributed by atoms with van der Waals surface area (Å²) in [5.74, 6) is 0. The Morgan fingerprint density at radius 2 is 1.69 bits per heavy atom. The number of benzene rings is 1. The fraction of sp³-hybridized carbons (Fsp3) is 0.182. The summed E-state index contributed by atoms with van der Waals surface area (Å²) in [5, 5.41) is 4.23. The Kier molecular flexibility index (Phi) is 1.89. The first-order valence-electron chi connectivity index (χ1n) is 4.35. The second-order valence-electron chi connectivity index (χ2n) is 3.22. The third-order valence-electron chi connectivity index (χ3n) is 2.11. The van der Waals surface area contributed by atoms with Crippen molar-refractivity contribution in [3.63, 3.8) is 0 Å². The second kappa shape index (κ2) is 3.05. The Labute approximate surface area is 77.8 Å². The zero-order valence-corrected chi connectivity index (χ0v) is 7.86. The Morgan fingerprint density at radius 3 is 2.23 bits per heavy atom. The lowest BCUT2D eigenvalue weighted by Gasteiger charge is -2.03. The number of hydrogen-bond acceptors (Lipinski definition) is 1. The highest BCUT2D eigenvalue weighted by atomic mass is 15.3. The van der Waals surface area contributed by atoms with Crippen molar-refractivity contribution in [3.8, 4) is 5.69 Å². The standard InChI is InChI=1S/C11H12N2/c1-9-3-5-11(6-4-9)13-10(2)7-8-12-13/h3-8H,1-2H3. The number of aryl methyl sites for hydroxylation is 2. The first-order valence-corrected chi connectivity index (χ1v) is 4.35. The zero-order chi connectivity index (χ0) is 9.26. The van der Waals surface area contributed by atoms with Gasteiger partial charge in [0.2, 0.25) is 0 Å². The van der Waals surface area contributed by atoms with E-state index in [2.05, 4.69) is 36.3 Å². The van der Waals surface area contributed by atoms with Gasteiger partial charge in [-0.05, 0) is 32.0 Å². The first kappa shape index (κ1) is 8.05. The van der Waals surface area contributed by atoms with Crippen molar-refractivity contribution in [3.05, 3.63) is 47.8 Å². The largest absolute Gasteiger partial charge is 0.238 e. The van der Waals surface area contributed by atoms with E-state index in [4.69, 9.17) is 0 Å². The molecule has 2 nitrogen and oxygen atoms in total. The molecule has 2 aromatic rings. The van der Waals surface area contributed by atoms with Crippen LogP contribution in [-0.2, 0) is 0 Å². The molecule has 0 atom stereocenters. The van der Waals surface area contributed by atoms with Crippen LogP contribution in [0.2, 0.25) is 0 Å². The molecule has 2 heteroatoms. The van der Waals surface area contributed by atoms with Crippen molar-refractivity contribution < 1.29 is 0 Å². The number of nitrogens with zero attached hydrogens (tertiary/aromatic N) is 2. The molecule has 0 aliphatic heterocycles. The molecule has 0 N–H and O–H groups in total. The Balaban J connectivity index is 2.47. The smallest absolute Gasteiger partial charge is 0.0648 e. The predicted octanol–water partition coefficient (Wildman–Crippen LogP) is 2.49. The van der Waals surface area contributed by atoms with Crippen molar-refractivity contribution in [2.75, 3.05) is 0 Å². The summed E-state index contributed by atoms with van der Waals surface area (Å²) in [7, 11) is 0. The third kappa shape index (κ3) is 1.47. The molecule has 0 fully saturated rings. The van der Waals surface area contributed by atoms with E-state index in [0.717, 1.165) is 11.4 Å². The Morgan fingerprint density at radius 1 is 1.00 bits per heavy atom. The minimum Gasteiger partial charge on any atom is -0.238 e. The van der Waals surface area contributed by atoms with E-state index in [1.165, 1.54) is 5.56 Å². The van der Waals surface area contributed by atoms with Crippen LogP contribution >= 0.6 is 0 Å². The lowest BCUT2D eigenvalue weighted by molar-refractivity contribution is 0.847. The minimum absolute atomic E-state index is 1.12. The van der Waals surface area contributed by atoms with E-state index in [9.17, 15) is 0 Å². The van der Waals surface area contributed by atoms with E-state index in [-0.39, 0.29) is 0 Å². The first-order chi connectivity index (χ1) is 6.27. The van der Waals surface area contributed by atoms with Gasteiger partial charge < -0.3 is 0 Å². The van der Waals surface area contributed by atoms with Crippen molar-refractivity contribution in [2.24, 2.45) is 0 Å². The summed E-state index contributed by atoms with van der Waals surface area (Å²) < 4.78 is 1.93. The Bertz CT molecular complexity index is 398.